The summed E-state index contributed by atoms with van der Waals surface area (Å²) < 4.78 is 25.3. The Labute approximate surface area is 96.6 Å². The van der Waals surface area contributed by atoms with E-state index in [1.807, 2.05) is 11.8 Å². The van der Waals surface area contributed by atoms with Crippen molar-refractivity contribution in [3.05, 3.63) is 0 Å². The smallest absolute Gasteiger partial charge is 0.215 e. The van der Waals surface area contributed by atoms with Gasteiger partial charge >= 0.3 is 0 Å². The van der Waals surface area contributed by atoms with Gasteiger partial charge in [-0.1, -0.05) is 13.8 Å². The zero-order valence-electron chi connectivity index (χ0n) is 9.40. The summed E-state index contributed by atoms with van der Waals surface area (Å²) in [6.45, 7) is 5.78. The molecule has 1 saturated heterocycles. The first-order valence-corrected chi connectivity index (χ1v) is 7.79. The first-order valence-electron chi connectivity index (χ1n) is 5.19. The van der Waals surface area contributed by atoms with E-state index < -0.39 is 10.0 Å². The first kappa shape index (κ1) is 13.3. The minimum absolute atomic E-state index is 0.0676. The summed E-state index contributed by atoms with van der Waals surface area (Å²) in [5.41, 5.74) is 5.30. The standard InChI is InChI=1S/C9H20N2O2S2/c1-9(2)3-5-11(6-7-14-9)15(12,13)8-4-10/h3-8,10H2,1-2H3. The molecule has 0 bridgehead atoms. The number of thioether (sulfide) groups is 1. The van der Waals surface area contributed by atoms with Crippen LogP contribution >= 0.6 is 11.8 Å². The van der Waals surface area contributed by atoms with E-state index in [0.29, 0.717) is 13.1 Å². The van der Waals surface area contributed by atoms with Crippen molar-refractivity contribution < 1.29 is 8.42 Å². The van der Waals surface area contributed by atoms with Gasteiger partial charge in [-0.3, -0.25) is 0 Å². The van der Waals surface area contributed by atoms with E-state index in [0.717, 1.165) is 12.2 Å². The molecule has 0 aromatic heterocycles. The Morgan fingerprint density at radius 3 is 2.67 bits per heavy atom. The third-order valence-corrected chi connectivity index (χ3v) is 5.84. The summed E-state index contributed by atoms with van der Waals surface area (Å²) in [6, 6.07) is 0. The van der Waals surface area contributed by atoms with Crippen LogP contribution in [-0.4, -0.2) is 48.6 Å². The summed E-state index contributed by atoms with van der Waals surface area (Å²) >= 11 is 1.84. The van der Waals surface area contributed by atoms with E-state index in [2.05, 4.69) is 13.8 Å². The zero-order valence-corrected chi connectivity index (χ0v) is 11.0. The Hall–Kier alpha value is 0.220. The van der Waals surface area contributed by atoms with E-state index >= 15 is 0 Å². The van der Waals surface area contributed by atoms with Crippen LogP contribution in [0.4, 0.5) is 0 Å². The van der Waals surface area contributed by atoms with Crippen LogP contribution in [0.25, 0.3) is 0 Å². The summed E-state index contributed by atoms with van der Waals surface area (Å²) in [5.74, 6) is 0.939. The number of rotatable bonds is 3. The van der Waals surface area contributed by atoms with Crippen LogP contribution in [-0.2, 0) is 10.0 Å². The summed E-state index contributed by atoms with van der Waals surface area (Å²) in [4.78, 5) is 0. The Morgan fingerprint density at radius 2 is 2.07 bits per heavy atom. The molecule has 0 amide bonds. The maximum Gasteiger partial charge on any atom is 0.215 e. The summed E-state index contributed by atoms with van der Waals surface area (Å²) in [6.07, 6.45) is 0.904. The molecule has 15 heavy (non-hydrogen) atoms. The van der Waals surface area contributed by atoms with Crippen molar-refractivity contribution in [2.45, 2.75) is 25.0 Å². The second kappa shape index (κ2) is 5.03. The highest BCUT2D eigenvalue weighted by Crippen LogP contribution is 2.31. The molecule has 0 aliphatic carbocycles. The van der Waals surface area contributed by atoms with Gasteiger partial charge in [-0.15, -0.1) is 0 Å². The quantitative estimate of drug-likeness (QED) is 0.794. The van der Waals surface area contributed by atoms with Crippen molar-refractivity contribution in [3.8, 4) is 0 Å². The SMILES string of the molecule is CC1(C)CCN(S(=O)(=O)CCN)CCS1. The fraction of sp³-hybridized carbons (Fsp3) is 1.00. The number of nitrogens with zero attached hydrogens (tertiary/aromatic N) is 1. The number of sulfonamides is 1. The van der Waals surface area contributed by atoms with Crippen molar-refractivity contribution >= 4 is 21.8 Å². The molecule has 0 saturated carbocycles. The average molecular weight is 252 g/mol. The molecule has 0 aromatic carbocycles. The van der Waals surface area contributed by atoms with Crippen molar-refractivity contribution in [3.63, 3.8) is 0 Å². The van der Waals surface area contributed by atoms with Crippen molar-refractivity contribution in [1.82, 2.24) is 4.31 Å². The van der Waals surface area contributed by atoms with Crippen LogP contribution in [0, 0.1) is 0 Å². The first-order chi connectivity index (χ1) is 6.87. The Balaban J connectivity index is 2.66. The highest BCUT2D eigenvalue weighted by molar-refractivity contribution is 8.00. The maximum absolute atomic E-state index is 11.8. The van der Waals surface area contributed by atoms with Gasteiger partial charge in [0.05, 0.1) is 5.75 Å². The molecule has 0 radical (unpaired) electrons. The molecule has 4 nitrogen and oxygen atoms in total. The van der Waals surface area contributed by atoms with Crippen LogP contribution in [0.2, 0.25) is 0 Å². The summed E-state index contributed by atoms with van der Waals surface area (Å²) in [7, 11) is -3.11. The molecule has 1 aliphatic rings. The molecule has 0 aromatic rings. The molecular weight excluding hydrogens is 232 g/mol. The van der Waals surface area contributed by atoms with E-state index in [4.69, 9.17) is 5.73 Å². The molecule has 1 fully saturated rings. The van der Waals surface area contributed by atoms with Gasteiger partial charge in [-0.2, -0.15) is 11.8 Å². The molecule has 0 spiro atoms. The zero-order chi connectivity index (χ0) is 11.5. The Bertz CT molecular complexity index is 301. The van der Waals surface area contributed by atoms with Gasteiger partial charge in [0.1, 0.15) is 0 Å². The minimum atomic E-state index is -3.11. The molecule has 6 heteroatoms. The molecule has 90 valence electrons. The third-order valence-electron chi connectivity index (χ3n) is 2.57. The van der Waals surface area contributed by atoms with E-state index in [1.54, 1.807) is 4.31 Å². The fourth-order valence-corrected chi connectivity index (χ4v) is 4.07. The van der Waals surface area contributed by atoms with Crippen LogP contribution in [0.1, 0.15) is 20.3 Å². The normalized spacial score (nSPS) is 23.7. The lowest BCUT2D eigenvalue weighted by molar-refractivity contribution is 0.415. The predicted molar refractivity (Wildman–Crippen MR) is 65.6 cm³/mol. The lowest BCUT2D eigenvalue weighted by Gasteiger charge is -2.22. The Kier molecular flexibility index (Phi) is 4.46. The van der Waals surface area contributed by atoms with E-state index in [-0.39, 0.29) is 17.0 Å². The van der Waals surface area contributed by atoms with Crippen molar-refractivity contribution in [2.24, 2.45) is 5.73 Å². The van der Waals surface area contributed by atoms with E-state index in [1.165, 1.54) is 0 Å². The average Bonchev–Trinajstić information content (AvgIpc) is 2.26. The van der Waals surface area contributed by atoms with Crippen LogP contribution < -0.4 is 5.73 Å². The molecule has 1 heterocycles. The van der Waals surface area contributed by atoms with Crippen LogP contribution in [0.15, 0.2) is 0 Å². The monoisotopic (exact) mass is 252 g/mol. The van der Waals surface area contributed by atoms with Crippen LogP contribution in [0.3, 0.4) is 0 Å². The largest absolute Gasteiger partial charge is 0.329 e. The van der Waals surface area contributed by atoms with Gasteiger partial charge in [0.2, 0.25) is 10.0 Å². The predicted octanol–water partition coefficient (Wildman–Crippen LogP) is 0.492. The second-order valence-electron chi connectivity index (χ2n) is 4.36. The van der Waals surface area contributed by atoms with Crippen molar-refractivity contribution in [2.75, 3.05) is 31.1 Å². The van der Waals surface area contributed by atoms with E-state index in [9.17, 15) is 8.42 Å². The number of hydrogen-bond acceptors (Lipinski definition) is 4. The maximum atomic E-state index is 11.8. The lowest BCUT2D eigenvalue weighted by Crippen LogP contribution is -2.37. The highest BCUT2D eigenvalue weighted by atomic mass is 32.2. The van der Waals surface area contributed by atoms with Crippen LogP contribution in [0.5, 0.6) is 0 Å². The summed E-state index contributed by atoms with van der Waals surface area (Å²) in [5, 5.41) is 0. The fourth-order valence-electron chi connectivity index (χ4n) is 1.56. The molecule has 1 aliphatic heterocycles. The Morgan fingerprint density at radius 1 is 1.40 bits per heavy atom. The third kappa shape index (κ3) is 3.94. The molecule has 0 unspecified atom stereocenters. The lowest BCUT2D eigenvalue weighted by atomic mass is 10.1. The molecule has 2 N–H and O–H groups in total. The van der Waals surface area contributed by atoms with Gasteiger partial charge < -0.3 is 5.73 Å². The van der Waals surface area contributed by atoms with Gasteiger partial charge in [0.25, 0.3) is 0 Å². The van der Waals surface area contributed by atoms with Gasteiger partial charge in [-0.05, 0) is 6.42 Å². The number of hydrogen-bond donors (Lipinski definition) is 1. The molecule has 0 atom stereocenters. The van der Waals surface area contributed by atoms with Crippen molar-refractivity contribution in [1.29, 1.82) is 0 Å². The highest BCUT2D eigenvalue weighted by Gasteiger charge is 2.28. The van der Waals surface area contributed by atoms with Gasteiger partial charge in [0.15, 0.2) is 0 Å². The topological polar surface area (TPSA) is 63.4 Å². The molecular formula is C9H20N2O2S2. The van der Waals surface area contributed by atoms with Gasteiger partial charge in [-0.25, -0.2) is 12.7 Å². The van der Waals surface area contributed by atoms with Gasteiger partial charge in [0, 0.05) is 30.1 Å². The number of nitrogens with two attached hydrogens (primary N) is 1. The second-order valence-corrected chi connectivity index (χ2v) is 8.25. The molecule has 1 rings (SSSR count). The minimum Gasteiger partial charge on any atom is -0.329 e.